The van der Waals surface area contributed by atoms with E-state index >= 15 is 0 Å². The van der Waals surface area contributed by atoms with Gasteiger partial charge in [-0.05, 0) is 18.4 Å². The second kappa shape index (κ2) is 6.64. The molecule has 1 aromatic carbocycles. The molecule has 1 unspecified atom stereocenters. The first-order chi connectivity index (χ1) is 10.7. The number of hydrogen-bond acceptors (Lipinski definition) is 5. The fourth-order valence-corrected chi connectivity index (χ4v) is 3.25. The Hall–Kier alpha value is -1.63. The van der Waals surface area contributed by atoms with Crippen LogP contribution in [-0.2, 0) is 16.1 Å². The predicted octanol–water partition coefficient (Wildman–Crippen LogP) is 0.908. The van der Waals surface area contributed by atoms with Crippen LogP contribution in [0, 0.1) is 0 Å². The van der Waals surface area contributed by atoms with Crippen molar-refractivity contribution >= 4 is 6.09 Å². The largest absolute Gasteiger partial charge is 0.447 e. The highest BCUT2D eigenvalue weighted by Crippen LogP contribution is 2.32. The van der Waals surface area contributed by atoms with Gasteiger partial charge in [-0.2, -0.15) is 0 Å². The first kappa shape index (κ1) is 15.3. The summed E-state index contributed by atoms with van der Waals surface area (Å²) < 4.78 is 11.1. The number of nitrogens with zero attached hydrogens (tertiary/aromatic N) is 1. The molecule has 6 nitrogen and oxygen atoms in total. The molecule has 2 saturated heterocycles. The zero-order chi connectivity index (χ0) is 15.5. The summed E-state index contributed by atoms with van der Waals surface area (Å²) in [5.41, 5.74) is 1.08. The molecule has 2 aliphatic heterocycles. The van der Waals surface area contributed by atoms with Crippen molar-refractivity contribution < 1.29 is 24.5 Å². The Balaban J connectivity index is 1.66. The summed E-state index contributed by atoms with van der Waals surface area (Å²) in [5.74, 6) is 0. The van der Waals surface area contributed by atoms with Crippen molar-refractivity contribution in [2.24, 2.45) is 0 Å². The number of carbonyl (C=O) groups is 1. The van der Waals surface area contributed by atoms with Gasteiger partial charge in [-0.25, -0.2) is 4.79 Å². The molecule has 2 N–H and O–H groups in total. The van der Waals surface area contributed by atoms with Gasteiger partial charge in [-0.3, -0.25) is 4.90 Å². The second-order valence-corrected chi connectivity index (χ2v) is 5.78. The molecule has 2 heterocycles. The van der Waals surface area contributed by atoms with Crippen LogP contribution in [0.15, 0.2) is 30.3 Å². The number of fused-ring (bicyclic) bond motifs is 1. The van der Waals surface area contributed by atoms with Crippen molar-refractivity contribution in [3.8, 4) is 0 Å². The van der Waals surface area contributed by atoms with Gasteiger partial charge in [0.25, 0.3) is 0 Å². The van der Waals surface area contributed by atoms with E-state index in [1.54, 1.807) is 4.90 Å². The average molecular weight is 307 g/mol. The highest BCUT2D eigenvalue weighted by Gasteiger charge is 2.48. The van der Waals surface area contributed by atoms with E-state index in [4.69, 9.17) is 14.6 Å². The molecule has 0 aliphatic carbocycles. The second-order valence-electron chi connectivity index (χ2n) is 5.78. The van der Waals surface area contributed by atoms with Gasteiger partial charge in [-0.15, -0.1) is 0 Å². The first-order valence-electron chi connectivity index (χ1n) is 7.60. The number of cyclic esters (lactones) is 1. The molecule has 22 heavy (non-hydrogen) atoms. The lowest BCUT2D eigenvalue weighted by molar-refractivity contribution is -0.0712. The fraction of sp³-hybridized carbons (Fsp3) is 0.562. The van der Waals surface area contributed by atoms with Gasteiger partial charge in [0.15, 0.2) is 0 Å². The molecule has 2 aliphatic rings. The number of hydrogen-bond donors (Lipinski definition) is 2. The topological polar surface area (TPSA) is 79.2 Å². The van der Waals surface area contributed by atoms with Crippen LogP contribution in [0.3, 0.4) is 0 Å². The van der Waals surface area contributed by atoms with Gasteiger partial charge in [0.1, 0.15) is 6.61 Å². The number of aliphatic hydroxyl groups is 2. The minimum atomic E-state index is -0.941. The van der Waals surface area contributed by atoms with E-state index < -0.39 is 18.2 Å². The number of carbonyl (C=O) groups excluding carboxylic acids is 1. The molecule has 1 aromatic rings. The average Bonchev–Trinajstić information content (AvgIpc) is 2.95. The van der Waals surface area contributed by atoms with E-state index in [0.717, 1.165) is 12.0 Å². The molecule has 0 bridgehead atoms. The van der Waals surface area contributed by atoms with Crippen LogP contribution >= 0.6 is 0 Å². The number of benzene rings is 1. The van der Waals surface area contributed by atoms with Crippen LogP contribution in [0.5, 0.6) is 0 Å². The molecule has 0 radical (unpaired) electrons. The van der Waals surface area contributed by atoms with Gasteiger partial charge in [0, 0.05) is 0 Å². The Labute approximate surface area is 129 Å². The molecule has 1 amide bonds. The van der Waals surface area contributed by atoms with Crippen LogP contribution in [-0.4, -0.2) is 58.7 Å². The van der Waals surface area contributed by atoms with E-state index in [9.17, 15) is 9.90 Å². The summed E-state index contributed by atoms with van der Waals surface area (Å²) >= 11 is 0. The third-order valence-corrected chi connectivity index (χ3v) is 4.42. The normalized spacial score (nSPS) is 29.1. The van der Waals surface area contributed by atoms with Crippen LogP contribution in [0.2, 0.25) is 0 Å². The van der Waals surface area contributed by atoms with Crippen LogP contribution in [0.4, 0.5) is 4.79 Å². The molecular weight excluding hydrogens is 286 g/mol. The Morgan fingerprint density at radius 1 is 1.32 bits per heavy atom. The molecule has 0 aromatic heterocycles. The standard InChI is InChI=1S/C16H21NO5/c18-8-14(19)12-6-7-15(13-10-22-16(20)17(12)13)21-9-11-4-2-1-3-5-11/h1-5,12-15,18-19H,6-10H2/t12-,13-,14?,15+/m1/s1. The molecule has 120 valence electrons. The van der Waals surface area contributed by atoms with E-state index in [-0.39, 0.29) is 25.4 Å². The maximum absolute atomic E-state index is 11.9. The smallest absolute Gasteiger partial charge is 0.410 e. The van der Waals surface area contributed by atoms with Gasteiger partial charge < -0.3 is 19.7 Å². The fourth-order valence-electron chi connectivity index (χ4n) is 3.25. The number of rotatable bonds is 5. The maximum Gasteiger partial charge on any atom is 0.410 e. The van der Waals surface area contributed by atoms with Gasteiger partial charge in [-0.1, -0.05) is 30.3 Å². The SMILES string of the molecule is O=C1OC[C@@H]2[C@@H](OCc3ccccc3)CC[C@H](C(O)CO)N12. The van der Waals surface area contributed by atoms with E-state index in [1.165, 1.54) is 0 Å². The van der Waals surface area contributed by atoms with Crippen molar-refractivity contribution in [2.75, 3.05) is 13.2 Å². The van der Waals surface area contributed by atoms with Crippen molar-refractivity contribution in [2.45, 2.75) is 43.7 Å². The minimum Gasteiger partial charge on any atom is -0.447 e. The lowest BCUT2D eigenvalue weighted by Crippen LogP contribution is -2.57. The maximum atomic E-state index is 11.9. The monoisotopic (exact) mass is 307 g/mol. The minimum absolute atomic E-state index is 0.117. The molecule has 0 spiro atoms. The van der Waals surface area contributed by atoms with Gasteiger partial charge >= 0.3 is 6.09 Å². The highest BCUT2D eigenvalue weighted by atomic mass is 16.6. The van der Waals surface area contributed by atoms with Gasteiger partial charge in [0.2, 0.25) is 0 Å². The summed E-state index contributed by atoms with van der Waals surface area (Å²) in [4.78, 5) is 13.5. The quantitative estimate of drug-likeness (QED) is 0.845. The molecule has 2 fully saturated rings. The van der Waals surface area contributed by atoms with Crippen LogP contribution < -0.4 is 0 Å². The third-order valence-electron chi connectivity index (χ3n) is 4.42. The zero-order valence-corrected chi connectivity index (χ0v) is 12.3. The van der Waals surface area contributed by atoms with Crippen molar-refractivity contribution in [1.29, 1.82) is 0 Å². The Kier molecular flexibility index (Phi) is 4.61. The number of ether oxygens (including phenoxy) is 2. The summed E-state index contributed by atoms with van der Waals surface area (Å²) in [6.45, 7) is 0.390. The highest BCUT2D eigenvalue weighted by molar-refractivity contribution is 5.71. The Morgan fingerprint density at radius 3 is 2.82 bits per heavy atom. The lowest BCUT2D eigenvalue weighted by Gasteiger charge is -2.41. The van der Waals surface area contributed by atoms with Gasteiger partial charge in [0.05, 0.1) is 37.5 Å². The number of amides is 1. The lowest BCUT2D eigenvalue weighted by atomic mass is 9.91. The number of piperidine rings is 1. The van der Waals surface area contributed by atoms with E-state index in [2.05, 4.69) is 0 Å². The van der Waals surface area contributed by atoms with Crippen LogP contribution in [0.1, 0.15) is 18.4 Å². The first-order valence-corrected chi connectivity index (χ1v) is 7.60. The third kappa shape index (κ3) is 2.95. The van der Waals surface area contributed by atoms with Crippen LogP contribution in [0.25, 0.3) is 0 Å². The van der Waals surface area contributed by atoms with Crippen molar-refractivity contribution in [1.82, 2.24) is 4.90 Å². The zero-order valence-electron chi connectivity index (χ0n) is 12.3. The van der Waals surface area contributed by atoms with Crippen molar-refractivity contribution in [3.63, 3.8) is 0 Å². The summed E-state index contributed by atoms with van der Waals surface area (Å²) in [6, 6.07) is 9.27. The van der Waals surface area contributed by atoms with E-state index in [1.807, 2.05) is 30.3 Å². The Bertz CT molecular complexity index is 509. The molecule has 6 heteroatoms. The van der Waals surface area contributed by atoms with Crippen molar-refractivity contribution in [3.05, 3.63) is 35.9 Å². The molecule has 0 saturated carbocycles. The molecule has 4 atom stereocenters. The molecule has 3 rings (SSSR count). The summed E-state index contributed by atoms with van der Waals surface area (Å²) in [6.07, 6.45) is -0.174. The summed E-state index contributed by atoms with van der Waals surface area (Å²) in [5, 5.41) is 19.1. The summed E-state index contributed by atoms with van der Waals surface area (Å²) in [7, 11) is 0. The Morgan fingerprint density at radius 2 is 2.09 bits per heavy atom. The molecular formula is C16H21NO5. The number of aliphatic hydroxyl groups excluding tert-OH is 2. The predicted molar refractivity (Wildman–Crippen MR) is 78.1 cm³/mol. The van der Waals surface area contributed by atoms with E-state index in [0.29, 0.717) is 13.0 Å².